The summed E-state index contributed by atoms with van der Waals surface area (Å²) in [5.41, 5.74) is -0.0522. The summed E-state index contributed by atoms with van der Waals surface area (Å²) < 4.78 is 0. The second-order valence-electron chi connectivity index (χ2n) is 6.17. The summed E-state index contributed by atoms with van der Waals surface area (Å²) in [6.07, 6.45) is 5.77. The number of nitrogens with zero attached hydrogens (tertiary/aromatic N) is 1. The van der Waals surface area contributed by atoms with Gasteiger partial charge in [-0.25, -0.2) is 0 Å². The molecule has 0 aromatic carbocycles. The highest BCUT2D eigenvalue weighted by Gasteiger charge is 2.45. The summed E-state index contributed by atoms with van der Waals surface area (Å²) in [5.74, 6) is 0.477. The van der Waals surface area contributed by atoms with Gasteiger partial charge in [0, 0.05) is 0 Å². The molecular formula is C14H26N2. The van der Waals surface area contributed by atoms with Crippen molar-refractivity contribution >= 4 is 0 Å². The molecule has 0 aromatic rings. The third kappa shape index (κ3) is 2.77. The molecule has 0 aromatic heterocycles. The molecule has 1 N–H and O–H groups in total. The number of hydrogen-bond donors (Lipinski definition) is 1. The van der Waals surface area contributed by atoms with E-state index in [1.54, 1.807) is 0 Å². The van der Waals surface area contributed by atoms with Gasteiger partial charge in [0.1, 0.15) is 5.54 Å². The van der Waals surface area contributed by atoms with Crippen LogP contribution in [-0.2, 0) is 0 Å². The van der Waals surface area contributed by atoms with Crippen LogP contribution in [0.1, 0.15) is 59.8 Å². The topological polar surface area (TPSA) is 35.8 Å². The van der Waals surface area contributed by atoms with Crippen molar-refractivity contribution in [3.63, 3.8) is 0 Å². The highest BCUT2D eigenvalue weighted by atomic mass is 15.0. The molecule has 2 unspecified atom stereocenters. The minimum Gasteiger partial charge on any atom is -0.299 e. The van der Waals surface area contributed by atoms with Gasteiger partial charge in [0.15, 0.2) is 0 Å². The highest BCUT2D eigenvalue weighted by molar-refractivity contribution is 5.14. The Labute approximate surface area is 100 Å². The Morgan fingerprint density at radius 1 is 1.38 bits per heavy atom. The van der Waals surface area contributed by atoms with Crippen molar-refractivity contribution < 1.29 is 0 Å². The Morgan fingerprint density at radius 2 is 2.06 bits per heavy atom. The molecule has 2 nitrogen and oxygen atoms in total. The minimum atomic E-state index is -0.271. The molecule has 1 saturated carbocycles. The van der Waals surface area contributed by atoms with Crippen LogP contribution in [0.15, 0.2) is 0 Å². The SMILES string of the molecule is CCCNC1(C#N)CCCCC1C(C)(C)C. The van der Waals surface area contributed by atoms with E-state index in [1.807, 2.05) is 0 Å². The first-order valence-corrected chi connectivity index (χ1v) is 6.62. The van der Waals surface area contributed by atoms with Crippen LogP contribution in [0, 0.1) is 22.7 Å². The van der Waals surface area contributed by atoms with Crippen LogP contribution in [0.5, 0.6) is 0 Å². The average molecular weight is 222 g/mol. The molecule has 1 rings (SSSR count). The van der Waals surface area contributed by atoms with Crippen molar-refractivity contribution in [1.82, 2.24) is 5.32 Å². The van der Waals surface area contributed by atoms with Gasteiger partial charge >= 0.3 is 0 Å². The summed E-state index contributed by atoms with van der Waals surface area (Å²) >= 11 is 0. The van der Waals surface area contributed by atoms with Crippen LogP contribution in [0.4, 0.5) is 0 Å². The van der Waals surface area contributed by atoms with Crippen LogP contribution in [0.25, 0.3) is 0 Å². The minimum absolute atomic E-state index is 0.219. The molecule has 0 heterocycles. The van der Waals surface area contributed by atoms with Crippen molar-refractivity contribution in [2.75, 3.05) is 6.54 Å². The number of hydrogen-bond acceptors (Lipinski definition) is 2. The van der Waals surface area contributed by atoms with Gasteiger partial charge in [-0.15, -0.1) is 0 Å². The Morgan fingerprint density at radius 3 is 2.56 bits per heavy atom. The van der Waals surface area contributed by atoms with E-state index >= 15 is 0 Å². The lowest BCUT2D eigenvalue weighted by atomic mass is 9.62. The fraction of sp³-hybridized carbons (Fsp3) is 0.929. The third-order valence-corrected chi connectivity index (χ3v) is 3.84. The first kappa shape index (κ1) is 13.5. The summed E-state index contributed by atoms with van der Waals surface area (Å²) in [6.45, 7) is 9.92. The normalized spacial score (nSPS) is 31.1. The highest BCUT2D eigenvalue weighted by Crippen LogP contribution is 2.44. The number of nitriles is 1. The van der Waals surface area contributed by atoms with Gasteiger partial charge in [0.05, 0.1) is 6.07 Å². The van der Waals surface area contributed by atoms with Crippen molar-refractivity contribution in [2.45, 2.75) is 65.3 Å². The van der Waals surface area contributed by atoms with E-state index < -0.39 is 0 Å². The zero-order chi connectivity index (χ0) is 12.2. The van der Waals surface area contributed by atoms with Gasteiger partial charge in [-0.2, -0.15) is 5.26 Å². The van der Waals surface area contributed by atoms with E-state index in [2.05, 4.69) is 39.1 Å². The lowest BCUT2D eigenvalue weighted by Gasteiger charge is -2.46. The van der Waals surface area contributed by atoms with Crippen LogP contribution < -0.4 is 5.32 Å². The predicted molar refractivity (Wildman–Crippen MR) is 68.1 cm³/mol. The molecule has 1 fully saturated rings. The monoisotopic (exact) mass is 222 g/mol. The van der Waals surface area contributed by atoms with Crippen molar-refractivity contribution in [1.29, 1.82) is 5.26 Å². The van der Waals surface area contributed by atoms with Gasteiger partial charge in [-0.3, -0.25) is 5.32 Å². The first-order chi connectivity index (χ1) is 7.46. The Hall–Kier alpha value is -0.550. The van der Waals surface area contributed by atoms with Crippen LogP contribution in [-0.4, -0.2) is 12.1 Å². The average Bonchev–Trinajstić information content (AvgIpc) is 2.25. The molecule has 2 heteroatoms. The lowest BCUT2D eigenvalue weighted by molar-refractivity contribution is 0.0883. The fourth-order valence-electron chi connectivity index (χ4n) is 3.08. The molecule has 1 aliphatic rings. The first-order valence-electron chi connectivity index (χ1n) is 6.62. The lowest BCUT2D eigenvalue weighted by Crippen LogP contribution is -2.56. The van der Waals surface area contributed by atoms with Gasteiger partial charge in [0.25, 0.3) is 0 Å². The summed E-state index contributed by atoms with van der Waals surface area (Å²) in [5, 5.41) is 13.1. The van der Waals surface area contributed by atoms with Crippen molar-refractivity contribution in [3.05, 3.63) is 0 Å². The summed E-state index contributed by atoms with van der Waals surface area (Å²) in [7, 11) is 0. The van der Waals surface area contributed by atoms with Crippen LogP contribution in [0.3, 0.4) is 0 Å². The molecule has 2 atom stereocenters. The molecule has 1 aliphatic carbocycles. The van der Waals surface area contributed by atoms with E-state index in [1.165, 1.54) is 19.3 Å². The van der Waals surface area contributed by atoms with Crippen LogP contribution >= 0.6 is 0 Å². The molecular weight excluding hydrogens is 196 g/mol. The standard InChI is InChI=1S/C14H26N2/c1-5-10-16-14(11-15)9-7-6-8-12(14)13(2,3)4/h12,16H,5-10H2,1-4H3. The second-order valence-corrected chi connectivity index (χ2v) is 6.17. The Bertz CT molecular complexity index is 259. The van der Waals surface area contributed by atoms with E-state index in [4.69, 9.17) is 0 Å². The maximum absolute atomic E-state index is 9.59. The molecule has 0 amide bonds. The molecule has 0 bridgehead atoms. The van der Waals surface area contributed by atoms with Crippen LogP contribution in [0.2, 0.25) is 0 Å². The maximum atomic E-state index is 9.59. The van der Waals surface area contributed by atoms with E-state index in [-0.39, 0.29) is 11.0 Å². The van der Waals surface area contributed by atoms with Crippen molar-refractivity contribution in [3.8, 4) is 6.07 Å². The second kappa shape index (κ2) is 5.19. The van der Waals surface area contributed by atoms with Gasteiger partial charge in [-0.1, -0.05) is 40.5 Å². The Kier molecular flexibility index (Phi) is 4.38. The smallest absolute Gasteiger partial charge is 0.110 e. The van der Waals surface area contributed by atoms with E-state index in [9.17, 15) is 5.26 Å². The summed E-state index contributed by atoms with van der Waals surface area (Å²) in [6, 6.07) is 2.60. The van der Waals surface area contributed by atoms with E-state index in [0.717, 1.165) is 19.4 Å². The quantitative estimate of drug-likeness (QED) is 0.793. The zero-order valence-corrected chi connectivity index (χ0v) is 11.3. The van der Waals surface area contributed by atoms with Gasteiger partial charge < -0.3 is 0 Å². The molecule has 16 heavy (non-hydrogen) atoms. The zero-order valence-electron chi connectivity index (χ0n) is 11.3. The third-order valence-electron chi connectivity index (χ3n) is 3.84. The molecule has 92 valence electrons. The molecule has 0 saturated heterocycles. The van der Waals surface area contributed by atoms with Gasteiger partial charge in [0.2, 0.25) is 0 Å². The number of nitrogens with one attached hydrogen (secondary N) is 1. The largest absolute Gasteiger partial charge is 0.299 e. The fourth-order valence-corrected chi connectivity index (χ4v) is 3.08. The molecule has 0 spiro atoms. The van der Waals surface area contributed by atoms with Crippen molar-refractivity contribution in [2.24, 2.45) is 11.3 Å². The van der Waals surface area contributed by atoms with Gasteiger partial charge in [-0.05, 0) is 37.1 Å². The molecule has 0 aliphatic heterocycles. The number of rotatable bonds is 3. The maximum Gasteiger partial charge on any atom is 0.110 e. The summed E-state index contributed by atoms with van der Waals surface area (Å²) in [4.78, 5) is 0. The Balaban J connectivity index is 2.89. The molecule has 0 radical (unpaired) electrons. The predicted octanol–water partition coefficient (Wildman–Crippen LogP) is 3.48. The van der Waals surface area contributed by atoms with E-state index in [0.29, 0.717) is 5.92 Å².